The van der Waals surface area contributed by atoms with Gasteiger partial charge in [0.25, 0.3) is 0 Å². The summed E-state index contributed by atoms with van der Waals surface area (Å²) >= 11 is 5.28. The number of halogens is 1. The average Bonchev–Trinajstić information content (AvgIpc) is 2.94. The Labute approximate surface area is 110 Å². The van der Waals surface area contributed by atoms with Crippen molar-refractivity contribution in [3.05, 3.63) is 20.8 Å². The van der Waals surface area contributed by atoms with Crippen molar-refractivity contribution in [2.24, 2.45) is 17.8 Å². The highest BCUT2D eigenvalue weighted by molar-refractivity contribution is 9.11. The fourth-order valence-corrected chi connectivity index (χ4v) is 4.68. The van der Waals surface area contributed by atoms with Crippen LogP contribution in [0.4, 0.5) is 0 Å². The minimum atomic E-state index is 0.973. The van der Waals surface area contributed by atoms with Gasteiger partial charge in [-0.3, -0.25) is 0 Å². The predicted octanol–water partition coefficient (Wildman–Crippen LogP) is 4.04. The van der Waals surface area contributed by atoms with Crippen LogP contribution < -0.4 is 5.32 Å². The van der Waals surface area contributed by atoms with Gasteiger partial charge < -0.3 is 5.32 Å². The van der Waals surface area contributed by atoms with Gasteiger partial charge >= 0.3 is 0 Å². The van der Waals surface area contributed by atoms with Crippen molar-refractivity contribution in [1.29, 1.82) is 0 Å². The van der Waals surface area contributed by atoms with Gasteiger partial charge in [0.15, 0.2) is 0 Å². The Balaban J connectivity index is 1.44. The average molecular weight is 300 g/mol. The van der Waals surface area contributed by atoms with E-state index in [1.54, 1.807) is 11.3 Å². The van der Waals surface area contributed by atoms with Gasteiger partial charge in [-0.2, -0.15) is 0 Å². The van der Waals surface area contributed by atoms with E-state index in [0.29, 0.717) is 0 Å². The number of hydrogen-bond donors (Lipinski definition) is 1. The summed E-state index contributed by atoms with van der Waals surface area (Å²) in [5, 5.41) is 5.86. The number of nitrogens with one attached hydrogen (secondary N) is 1. The highest BCUT2D eigenvalue weighted by Crippen LogP contribution is 2.47. The Morgan fingerprint density at radius 2 is 2.31 bits per heavy atom. The topological polar surface area (TPSA) is 12.0 Å². The molecule has 0 amide bonds. The molecule has 1 nitrogen and oxygen atoms in total. The molecule has 0 radical (unpaired) electrons. The quantitative estimate of drug-likeness (QED) is 0.885. The second-order valence-corrected chi connectivity index (χ2v) is 7.62. The van der Waals surface area contributed by atoms with Crippen molar-refractivity contribution in [1.82, 2.24) is 5.32 Å². The second-order valence-electron chi connectivity index (χ2n) is 5.32. The third kappa shape index (κ3) is 2.36. The summed E-state index contributed by atoms with van der Waals surface area (Å²) in [6, 6.07) is 2.22. The van der Waals surface area contributed by atoms with Crippen LogP contribution in [0.5, 0.6) is 0 Å². The second kappa shape index (κ2) is 4.79. The Morgan fingerprint density at radius 3 is 2.94 bits per heavy atom. The molecule has 88 valence electrons. The first-order valence-corrected chi connectivity index (χ1v) is 7.92. The maximum Gasteiger partial charge on any atom is 0.0701 e. The lowest BCUT2D eigenvalue weighted by Gasteiger charge is -2.21. The molecule has 1 heterocycles. The summed E-state index contributed by atoms with van der Waals surface area (Å²) in [6.07, 6.45) is 6.03. The molecule has 0 aliphatic heterocycles. The van der Waals surface area contributed by atoms with Crippen molar-refractivity contribution in [3.63, 3.8) is 0 Å². The Bertz CT molecular complexity index is 363. The normalized spacial score (nSPS) is 32.4. The Hall–Kier alpha value is 0.140. The number of fused-ring (bicyclic) bond motifs is 2. The molecule has 0 saturated heterocycles. The molecule has 1 aromatic rings. The van der Waals surface area contributed by atoms with Gasteiger partial charge in [0.05, 0.1) is 3.79 Å². The molecule has 3 heteroatoms. The zero-order valence-electron chi connectivity index (χ0n) is 9.42. The van der Waals surface area contributed by atoms with Crippen LogP contribution in [0.15, 0.2) is 15.2 Å². The molecule has 3 rings (SSSR count). The highest BCUT2D eigenvalue weighted by Gasteiger charge is 2.38. The van der Waals surface area contributed by atoms with Gasteiger partial charge in [-0.05, 0) is 76.5 Å². The largest absolute Gasteiger partial charge is 0.312 e. The minimum Gasteiger partial charge on any atom is -0.312 e. The first kappa shape index (κ1) is 11.2. The molecule has 2 saturated carbocycles. The van der Waals surface area contributed by atoms with E-state index in [4.69, 9.17) is 0 Å². The molecule has 3 unspecified atom stereocenters. The molecule has 0 spiro atoms. The maximum atomic E-state index is 3.63. The van der Waals surface area contributed by atoms with E-state index in [9.17, 15) is 0 Å². The van der Waals surface area contributed by atoms with E-state index in [1.807, 2.05) is 0 Å². The molecule has 0 aromatic carbocycles. The van der Waals surface area contributed by atoms with Gasteiger partial charge in [-0.15, -0.1) is 11.3 Å². The highest BCUT2D eigenvalue weighted by atomic mass is 79.9. The standard InChI is InChI=1S/C13H18BrNS/c14-13-5-10(8-16-13)6-15-7-12-4-9-1-2-11(12)3-9/h5,8-9,11-12,15H,1-4,6-7H2. The van der Waals surface area contributed by atoms with Crippen LogP contribution >= 0.6 is 27.3 Å². The number of hydrogen-bond acceptors (Lipinski definition) is 2. The van der Waals surface area contributed by atoms with Gasteiger partial charge in [0, 0.05) is 6.54 Å². The summed E-state index contributed by atoms with van der Waals surface area (Å²) in [6.45, 7) is 2.27. The van der Waals surface area contributed by atoms with Crippen LogP contribution in [0.2, 0.25) is 0 Å². The van der Waals surface area contributed by atoms with Crippen LogP contribution in [0.1, 0.15) is 31.2 Å². The molecule has 16 heavy (non-hydrogen) atoms. The molecule has 3 atom stereocenters. The molecule has 2 aliphatic carbocycles. The third-order valence-corrected chi connectivity index (χ3v) is 5.80. The van der Waals surface area contributed by atoms with Crippen LogP contribution in [0, 0.1) is 17.8 Å². The van der Waals surface area contributed by atoms with Gasteiger partial charge in [0.1, 0.15) is 0 Å². The zero-order chi connectivity index (χ0) is 11.0. The van der Waals surface area contributed by atoms with Gasteiger partial charge in [-0.1, -0.05) is 6.42 Å². The SMILES string of the molecule is Brc1cc(CNCC2CC3CCC2C3)cs1. The zero-order valence-corrected chi connectivity index (χ0v) is 11.8. The van der Waals surface area contributed by atoms with Crippen molar-refractivity contribution < 1.29 is 0 Å². The predicted molar refractivity (Wildman–Crippen MR) is 72.7 cm³/mol. The van der Waals surface area contributed by atoms with Crippen LogP contribution in [-0.4, -0.2) is 6.54 Å². The molecule has 1 aromatic heterocycles. The van der Waals surface area contributed by atoms with E-state index in [1.165, 1.54) is 41.6 Å². The van der Waals surface area contributed by atoms with Crippen LogP contribution in [0.25, 0.3) is 0 Å². The molecular weight excluding hydrogens is 282 g/mol. The van der Waals surface area contributed by atoms with E-state index in [0.717, 1.165) is 24.3 Å². The van der Waals surface area contributed by atoms with E-state index >= 15 is 0 Å². The summed E-state index contributed by atoms with van der Waals surface area (Å²) in [7, 11) is 0. The Kier molecular flexibility index (Phi) is 3.37. The van der Waals surface area contributed by atoms with E-state index < -0.39 is 0 Å². The molecule has 2 aliphatic rings. The first-order chi connectivity index (χ1) is 7.81. The minimum absolute atomic E-state index is 0.973. The van der Waals surface area contributed by atoms with Crippen molar-refractivity contribution in [3.8, 4) is 0 Å². The lowest BCUT2D eigenvalue weighted by atomic mass is 9.89. The van der Waals surface area contributed by atoms with Gasteiger partial charge in [-0.25, -0.2) is 0 Å². The lowest BCUT2D eigenvalue weighted by Crippen LogP contribution is -2.25. The first-order valence-electron chi connectivity index (χ1n) is 6.25. The molecular formula is C13H18BrNS. The molecule has 1 N–H and O–H groups in total. The van der Waals surface area contributed by atoms with Crippen molar-refractivity contribution >= 4 is 27.3 Å². The van der Waals surface area contributed by atoms with Crippen molar-refractivity contribution in [2.75, 3.05) is 6.54 Å². The summed E-state index contributed by atoms with van der Waals surface area (Å²) in [5.74, 6) is 3.10. The van der Waals surface area contributed by atoms with Gasteiger partial charge in [0.2, 0.25) is 0 Å². The summed E-state index contributed by atoms with van der Waals surface area (Å²) in [5.41, 5.74) is 1.42. The summed E-state index contributed by atoms with van der Waals surface area (Å²) < 4.78 is 1.24. The molecule has 2 fully saturated rings. The third-order valence-electron chi connectivity index (χ3n) is 4.24. The fraction of sp³-hybridized carbons (Fsp3) is 0.692. The van der Waals surface area contributed by atoms with E-state index in [-0.39, 0.29) is 0 Å². The molecule has 2 bridgehead atoms. The van der Waals surface area contributed by atoms with Crippen LogP contribution in [0.3, 0.4) is 0 Å². The lowest BCUT2D eigenvalue weighted by molar-refractivity contribution is 0.318. The van der Waals surface area contributed by atoms with Crippen LogP contribution in [-0.2, 0) is 6.54 Å². The van der Waals surface area contributed by atoms with Crippen molar-refractivity contribution in [2.45, 2.75) is 32.2 Å². The summed E-state index contributed by atoms with van der Waals surface area (Å²) in [4.78, 5) is 0. The maximum absolute atomic E-state index is 3.63. The smallest absolute Gasteiger partial charge is 0.0701 e. The number of thiophene rings is 1. The fourth-order valence-electron chi connectivity index (χ4n) is 3.47. The number of rotatable bonds is 4. The Morgan fingerprint density at radius 1 is 1.38 bits per heavy atom. The monoisotopic (exact) mass is 299 g/mol. The van der Waals surface area contributed by atoms with E-state index in [2.05, 4.69) is 32.7 Å².